The van der Waals surface area contributed by atoms with E-state index in [-0.39, 0.29) is 32.6 Å². The van der Waals surface area contributed by atoms with E-state index in [0.29, 0.717) is 0 Å². The highest BCUT2D eigenvalue weighted by molar-refractivity contribution is 6.34. The fraction of sp³-hybridized carbons (Fsp3) is 0.211. The van der Waals surface area contributed by atoms with Crippen LogP contribution in [0.3, 0.4) is 0 Å². The lowest BCUT2D eigenvalue weighted by Gasteiger charge is -2.28. The number of hydrogen-bond donors (Lipinski definition) is 2. The number of rotatable bonds is 3. The van der Waals surface area contributed by atoms with Crippen molar-refractivity contribution in [3.63, 3.8) is 0 Å². The van der Waals surface area contributed by atoms with Crippen molar-refractivity contribution in [3.8, 4) is 0 Å². The van der Waals surface area contributed by atoms with Gasteiger partial charge in [0.15, 0.2) is 0 Å². The molecule has 0 aromatic heterocycles. The maximum absolute atomic E-state index is 14.0. The van der Waals surface area contributed by atoms with Crippen molar-refractivity contribution >= 4 is 40.5 Å². The van der Waals surface area contributed by atoms with Crippen LogP contribution in [0, 0.1) is 6.92 Å². The molecular weight excluding hydrogens is 473 g/mol. The van der Waals surface area contributed by atoms with Gasteiger partial charge in [-0.05, 0) is 42.8 Å². The number of aryl methyl sites for hydroxylation is 1. The average Bonchev–Trinajstić information content (AvgIpc) is 3.08. The Kier molecular flexibility index (Phi) is 5.94. The van der Waals surface area contributed by atoms with Gasteiger partial charge in [0.25, 0.3) is 0 Å². The number of carbonyl (C=O) groups is 1. The zero-order chi connectivity index (χ0) is 23.2. The summed E-state index contributed by atoms with van der Waals surface area (Å²) < 4.78 is 79.7. The van der Waals surface area contributed by atoms with Crippen LogP contribution in [0.1, 0.15) is 16.7 Å². The second kappa shape index (κ2) is 7.92. The molecule has 0 radical (unpaired) electrons. The molecule has 1 amide bonds. The molecular formula is C19H12Cl2F6N2O2. The lowest BCUT2D eigenvalue weighted by atomic mass is 9.91. The Labute approximate surface area is 181 Å². The van der Waals surface area contributed by atoms with Gasteiger partial charge in [0.05, 0.1) is 5.70 Å². The van der Waals surface area contributed by atoms with Crippen molar-refractivity contribution in [3.05, 3.63) is 69.2 Å². The first-order chi connectivity index (χ1) is 14.2. The van der Waals surface area contributed by atoms with Gasteiger partial charge in [-0.15, -0.1) is 0 Å². The van der Waals surface area contributed by atoms with Crippen LogP contribution in [-0.2, 0) is 15.2 Å². The minimum absolute atomic E-state index is 0.0438. The Balaban J connectivity index is 2.06. The molecule has 0 saturated heterocycles. The average molecular weight is 485 g/mol. The normalized spacial score (nSPS) is 19.1. The summed E-state index contributed by atoms with van der Waals surface area (Å²) >= 11 is 11.7. The van der Waals surface area contributed by atoms with Crippen LogP contribution in [0.2, 0.25) is 10.0 Å². The third-order valence-corrected chi connectivity index (χ3v) is 4.87. The number of halogens is 8. The maximum Gasteiger partial charge on any atom is 0.471 e. The van der Waals surface area contributed by atoms with E-state index in [1.165, 1.54) is 25.1 Å². The number of carbonyl (C=O) groups excluding carboxylic acids is 1. The van der Waals surface area contributed by atoms with Gasteiger partial charge in [-0.3, -0.25) is 15.1 Å². The van der Waals surface area contributed by atoms with Crippen molar-refractivity contribution in [2.75, 3.05) is 5.32 Å². The monoisotopic (exact) mass is 484 g/mol. The molecule has 1 heterocycles. The largest absolute Gasteiger partial charge is 0.471 e. The summed E-state index contributed by atoms with van der Waals surface area (Å²) in [6.07, 6.45) is -9.36. The molecule has 4 nitrogen and oxygen atoms in total. The molecule has 0 fully saturated rings. The molecule has 12 heteroatoms. The van der Waals surface area contributed by atoms with E-state index < -0.39 is 29.4 Å². The minimum atomic E-state index is -5.13. The molecule has 3 rings (SSSR count). The summed E-state index contributed by atoms with van der Waals surface area (Å²) in [5.41, 5.74) is -1.30. The standard InChI is InChI=1S/C19H12Cl2F6N2O2/c1-9-2-3-10(4-14(9)28-16(30)18(22,23)24)15-8-17(31-29-15,19(25,26)27)11-5-12(20)7-13(21)6-11/h2-8,29H,1H3,(H,28,30). The van der Waals surface area contributed by atoms with Gasteiger partial charge in [0.1, 0.15) is 0 Å². The first-order valence-electron chi connectivity index (χ1n) is 8.42. The van der Waals surface area contributed by atoms with E-state index in [2.05, 4.69) is 5.48 Å². The second-order valence-corrected chi connectivity index (χ2v) is 7.51. The lowest BCUT2D eigenvalue weighted by Crippen LogP contribution is -2.42. The van der Waals surface area contributed by atoms with Crippen molar-refractivity contribution < 1.29 is 36.0 Å². The smallest absolute Gasteiger partial charge is 0.318 e. The fourth-order valence-corrected chi connectivity index (χ4v) is 3.40. The number of benzene rings is 2. The molecule has 1 aliphatic rings. The van der Waals surface area contributed by atoms with Crippen LogP contribution in [0.15, 0.2) is 42.5 Å². The third kappa shape index (κ3) is 4.60. The van der Waals surface area contributed by atoms with Gasteiger partial charge in [0, 0.05) is 26.9 Å². The molecule has 0 bridgehead atoms. The number of anilines is 1. The summed E-state index contributed by atoms with van der Waals surface area (Å²) in [6, 6.07) is 7.11. The predicted molar refractivity (Wildman–Crippen MR) is 102 cm³/mol. The summed E-state index contributed by atoms with van der Waals surface area (Å²) in [5, 5.41) is 1.59. The van der Waals surface area contributed by atoms with E-state index in [9.17, 15) is 31.1 Å². The number of alkyl halides is 6. The highest BCUT2D eigenvalue weighted by Gasteiger charge is 2.59. The summed E-state index contributed by atoms with van der Waals surface area (Å²) in [6.45, 7) is 1.43. The molecule has 166 valence electrons. The zero-order valence-electron chi connectivity index (χ0n) is 15.4. The zero-order valence-corrected chi connectivity index (χ0v) is 16.9. The SMILES string of the molecule is Cc1ccc(C2=CC(c3cc(Cl)cc(Cl)c3)(C(F)(F)F)ON2)cc1NC(=O)C(F)(F)F. The number of amides is 1. The number of hydrogen-bond acceptors (Lipinski definition) is 3. The Morgan fingerprint density at radius 2 is 1.65 bits per heavy atom. The van der Waals surface area contributed by atoms with Crippen molar-refractivity contribution in [1.29, 1.82) is 0 Å². The van der Waals surface area contributed by atoms with Gasteiger partial charge >= 0.3 is 18.3 Å². The Morgan fingerprint density at radius 1 is 1.03 bits per heavy atom. The van der Waals surface area contributed by atoms with E-state index in [4.69, 9.17) is 28.0 Å². The molecule has 31 heavy (non-hydrogen) atoms. The first kappa shape index (κ1) is 23.2. The second-order valence-electron chi connectivity index (χ2n) is 6.64. The van der Waals surface area contributed by atoms with Gasteiger partial charge < -0.3 is 5.32 Å². The molecule has 1 aliphatic heterocycles. The Morgan fingerprint density at radius 3 is 2.19 bits per heavy atom. The Bertz CT molecular complexity index is 1050. The molecule has 2 aromatic rings. The molecule has 1 unspecified atom stereocenters. The Hall–Kier alpha value is -2.43. The molecule has 0 saturated carbocycles. The number of hydroxylamine groups is 1. The highest BCUT2D eigenvalue weighted by atomic mass is 35.5. The third-order valence-electron chi connectivity index (χ3n) is 4.44. The molecule has 1 atom stereocenters. The lowest BCUT2D eigenvalue weighted by molar-refractivity contribution is -0.269. The van der Waals surface area contributed by atoms with Crippen LogP contribution in [0.5, 0.6) is 0 Å². The van der Waals surface area contributed by atoms with Gasteiger partial charge in [-0.25, -0.2) is 0 Å². The molecule has 2 N–H and O–H groups in total. The van der Waals surface area contributed by atoms with E-state index >= 15 is 0 Å². The maximum atomic E-state index is 14.0. The van der Waals surface area contributed by atoms with Crippen LogP contribution in [0.25, 0.3) is 5.70 Å². The van der Waals surface area contributed by atoms with Gasteiger partial charge in [0.2, 0.25) is 5.60 Å². The molecule has 0 aliphatic carbocycles. The molecule has 0 spiro atoms. The van der Waals surface area contributed by atoms with Crippen LogP contribution >= 0.6 is 23.2 Å². The van der Waals surface area contributed by atoms with Crippen LogP contribution < -0.4 is 10.8 Å². The van der Waals surface area contributed by atoms with Crippen molar-refractivity contribution in [1.82, 2.24) is 5.48 Å². The minimum Gasteiger partial charge on any atom is -0.318 e. The summed E-state index contributed by atoms with van der Waals surface area (Å²) in [7, 11) is 0. The summed E-state index contributed by atoms with van der Waals surface area (Å²) in [4.78, 5) is 16.2. The van der Waals surface area contributed by atoms with E-state index in [1.807, 2.05) is 0 Å². The fourth-order valence-electron chi connectivity index (χ4n) is 2.87. The van der Waals surface area contributed by atoms with Gasteiger partial charge in [-0.2, -0.15) is 26.3 Å². The van der Waals surface area contributed by atoms with Crippen LogP contribution in [-0.4, -0.2) is 18.3 Å². The first-order valence-corrected chi connectivity index (χ1v) is 9.18. The van der Waals surface area contributed by atoms with Gasteiger partial charge in [-0.1, -0.05) is 35.3 Å². The topological polar surface area (TPSA) is 50.4 Å². The quantitative estimate of drug-likeness (QED) is 0.514. The summed E-state index contributed by atoms with van der Waals surface area (Å²) in [5.74, 6) is -2.21. The van der Waals surface area contributed by atoms with E-state index in [0.717, 1.165) is 24.3 Å². The van der Waals surface area contributed by atoms with Crippen molar-refractivity contribution in [2.24, 2.45) is 0 Å². The van der Waals surface area contributed by atoms with Crippen molar-refractivity contribution in [2.45, 2.75) is 24.9 Å². The highest BCUT2D eigenvalue weighted by Crippen LogP contribution is 2.48. The van der Waals surface area contributed by atoms with Crippen LogP contribution in [0.4, 0.5) is 32.0 Å². The molecule has 2 aromatic carbocycles. The number of nitrogens with one attached hydrogen (secondary N) is 2. The van der Waals surface area contributed by atoms with E-state index in [1.54, 1.807) is 5.32 Å². The predicted octanol–water partition coefficient (Wildman–Crippen LogP) is 6.14.